The first-order chi connectivity index (χ1) is 6.65. The third-order valence-electron chi connectivity index (χ3n) is 1.62. The number of carbonyl (C=O) groups excluding carboxylic acids is 1. The van der Waals surface area contributed by atoms with E-state index in [4.69, 9.17) is 15.2 Å². The van der Waals surface area contributed by atoms with Crippen molar-refractivity contribution in [2.75, 3.05) is 19.5 Å². The molecule has 0 atom stereocenters. The van der Waals surface area contributed by atoms with Crippen LogP contribution in [0.4, 0.5) is 10.5 Å². The van der Waals surface area contributed by atoms with E-state index in [1.54, 1.807) is 18.2 Å². The summed E-state index contributed by atoms with van der Waals surface area (Å²) in [6.07, 6.45) is 0. The lowest BCUT2D eigenvalue weighted by Crippen LogP contribution is -2.19. The number of amides is 2. The predicted octanol–water partition coefficient (Wildman–Crippen LogP) is 1.19. The Hall–Kier alpha value is -1.91. The first-order valence-electron chi connectivity index (χ1n) is 3.95. The summed E-state index contributed by atoms with van der Waals surface area (Å²) in [7, 11) is 3.06. The minimum atomic E-state index is -0.625. The standard InChI is InChI=1S/C9H12N2O3/c1-13-7-3-6(11-9(10)12)4-8(5-7)14-2/h3-5H,1-2H3,(H3,10,11,12). The van der Waals surface area contributed by atoms with Crippen molar-refractivity contribution < 1.29 is 14.3 Å². The van der Waals surface area contributed by atoms with E-state index in [1.807, 2.05) is 0 Å². The van der Waals surface area contributed by atoms with Gasteiger partial charge in [0.05, 0.1) is 14.2 Å². The van der Waals surface area contributed by atoms with Gasteiger partial charge in [0.2, 0.25) is 0 Å². The molecule has 0 unspecified atom stereocenters. The summed E-state index contributed by atoms with van der Waals surface area (Å²) in [6, 6.07) is 4.37. The SMILES string of the molecule is COc1cc(NC(N)=O)cc(OC)c1. The van der Waals surface area contributed by atoms with Gasteiger partial charge in [-0.1, -0.05) is 0 Å². The Morgan fingerprint density at radius 2 is 1.71 bits per heavy atom. The van der Waals surface area contributed by atoms with Crippen LogP contribution in [-0.2, 0) is 0 Å². The van der Waals surface area contributed by atoms with Crippen LogP contribution in [0.3, 0.4) is 0 Å². The molecule has 14 heavy (non-hydrogen) atoms. The van der Waals surface area contributed by atoms with Gasteiger partial charge >= 0.3 is 6.03 Å². The summed E-state index contributed by atoms with van der Waals surface area (Å²) in [4.78, 5) is 10.6. The fourth-order valence-corrected chi connectivity index (χ4v) is 1.02. The van der Waals surface area contributed by atoms with Gasteiger partial charge in [0.25, 0.3) is 0 Å². The maximum absolute atomic E-state index is 10.6. The van der Waals surface area contributed by atoms with Gasteiger partial charge in [0, 0.05) is 23.9 Å². The number of nitrogens with one attached hydrogen (secondary N) is 1. The Kier molecular flexibility index (Phi) is 3.17. The van der Waals surface area contributed by atoms with Crippen molar-refractivity contribution in [3.8, 4) is 11.5 Å². The van der Waals surface area contributed by atoms with Crippen LogP contribution in [0.5, 0.6) is 11.5 Å². The lowest BCUT2D eigenvalue weighted by Gasteiger charge is -2.07. The van der Waals surface area contributed by atoms with Crippen molar-refractivity contribution in [3.05, 3.63) is 18.2 Å². The Labute approximate surface area is 81.8 Å². The van der Waals surface area contributed by atoms with E-state index in [0.717, 1.165) is 0 Å². The number of nitrogens with two attached hydrogens (primary N) is 1. The van der Waals surface area contributed by atoms with Crippen molar-refractivity contribution in [2.45, 2.75) is 0 Å². The minimum absolute atomic E-state index is 0.536. The Morgan fingerprint density at radius 3 is 2.07 bits per heavy atom. The lowest BCUT2D eigenvalue weighted by molar-refractivity contribution is 0.259. The molecule has 0 saturated heterocycles. The second-order valence-corrected chi connectivity index (χ2v) is 2.59. The molecule has 1 aromatic rings. The first-order valence-corrected chi connectivity index (χ1v) is 3.95. The number of primary amides is 1. The summed E-state index contributed by atoms with van der Waals surface area (Å²) in [5, 5.41) is 2.43. The van der Waals surface area contributed by atoms with Crippen molar-refractivity contribution >= 4 is 11.7 Å². The number of anilines is 1. The number of benzene rings is 1. The van der Waals surface area contributed by atoms with Gasteiger partial charge in [-0.25, -0.2) is 4.79 Å². The monoisotopic (exact) mass is 196 g/mol. The molecular formula is C9H12N2O3. The maximum atomic E-state index is 10.6. The fourth-order valence-electron chi connectivity index (χ4n) is 1.02. The Morgan fingerprint density at radius 1 is 1.21 bits per heavy atom. The van der Waals surface area contributed by atoms with Crippen molar-refractivity contribution in [2.24, 2.45) is 5.73 Å². The van der Waals surface area contributed by atoms with Crippen LogP contribution in [0.2, 0.25) is 0 Å². The largest absolute Gasteiger partial charge is 0.497 e. The number of urea groups is 1. The summed E-state index contributed by atoms with van der Waals surface area (Å²) in [6.45, 7) is 0. The number of ether oxygens (including phenoxy) is 2. The highest BCUT2D eigenvalue weighted by atomic mass is 16.5. The average Bonchev–Trinajstić information content (AvgIpc) is 2.16. The molecular weight excluding hydrogens is 184 g/mol. The van der Waals surface area contributed by atoms with Crippen molar-refractivity contribution in [1.29, 1.82) is 0 Å². The quantitative estimate of drug-likeness (QED) is 0.762. The van der Waals surface area contributed by atoms with Crippen LogP contribution in [0.1, 0.15) is 0 Å². The highest BCUT2D eigenvalue weighted by Crippen LogP contribution is 2.25. The van der Waals surface area contributed by atoms with Crippen LogP contribution >= 0.6 is 0 Å². The van der Waals surface area contributed by atoms with Gasteiger partial charge in [0.1, 0.15) is 11.5 Å². The summed E-state index contributed by atoms with van der Waals surface area (Å²) >= 11 is 0. The van der Waals surface area contributed by atoms with Gasteiger partial charge < -0.3 is 20.5 Å². The molecule has 1 aromatic carbocycles. The van der Waals surface area contributed by atoms with E-state index in [0.29, 0.717) is 17.2 Å². The van der Waals surface area contributed by atoms with E-state index in [9.17, 15) is 4.79 Å². The molecule has 3 N–H and O–H groups in total. The van der Waals surface area contributed by atoms with Crippen LogP contribution in [-0.4, -0.2) is 20.3 Å². The average molecular weight is 196 g/mol. The number of hydrogen-bond donors (Lipinski definition) is 2. The molecule has 0 aliphatic heterocycles. The zero-order chi connectivity index (χ0) is 10.6. The van der Waals surface area contributed by atoms with Gasteiger partial charge in [-0.2, -0.15) is 0 Å². The molecule has 76 valence electrons. The lowest BCUT2D eigenvalue weighted by atomic mass is 10.3. The molecule has 5 nitrogen and oxygen atoms in total. The predicted molar refractivity (Wildman–Crippen MR) is 52.8 cm³/mol. The van der Waals surface area contributed by atoms with Crippen LogP contribution < -0.4 is 20.5 Å². The normalized spacial score (nSPS) is 9.29. The molecule has 0 aliphatic carbocycles. The van der Waals surface area contributed by atoms with E-state index >= 15 is 0 Å². The molecule has 0 fully saturated rings. The number of hydrogen-bond acceptors (Lipinski definition) is 3. The van der Waals surface area contributed by atoms with Crippen LogP contribution in [0.15, 0.2) is 18.2 Å². The summed E-state index contributed by atoms with van der Waals surface area (Å²) < 4.78 is 10.0. The Balaban J connectivity index is 2.98. The second kappa shape index (κ2) is 4.36. The maximum Gasteiger partial charge on any atom is 0.316 e. The number of rotatable bonds is 3. The molecule has 5 heteroatoms. The third-order valence-corrected chi connectivity index (χ3v) is 1.62. The van der Waals surface area contributed by atoms with Crippen molar-refractivity contribution in [1.82, 2.24) is 0 Å². The van der Waals surface area contributed by atoms with E-state index in [2.05, 4.69) is 5.32 Å². The van der Waals surface area contributed by atoms with Crippen LogP contribution in [0, 0.1) is 0 Å². The third kappa shape index (κ3) is 2.55. The molecule has 0 bridgehead atoms. The van der Waals surface area contributed by atoms with E-state index < -0.39 is 6.03 Å². The minimum Gasteiger partial charge on any atom is -0.497 e. The first kappa shape index (κ1) is 10.2. The van der Waals surface area contributed by atoms with Gasteiger partial charge in [-0.15, -0.1) is 0 Å². The Bertz CT molecular complexity index is 317. The number of methoxy groups -OCH3 is 2. The number of carbonyl (C=O) groups is 1. The van der Waals surface area contributed by atoms with E-state index in [-0.39, 0.29) is 0 Å². The molecule has 0 aromatic heterocycles. The van der Waals surface area contributed by atoms with Gasteiger partial charge in [-0.3, -0.25) is 0 Å². The topological polar surface area (TPSA) is 73.6 Å². The highest BCUT2D eigenvalue weighted by molar-refractivity contribution is 5.88. The van der Waals surface area contributed by atoms with Crippen LogP contribution in [0.25, 0.3) is 0 Å². The van der Waals surface area contributed by atoms with E-state index in [1.165, 1.54) is 14.2 Å². The molecule has 1 rings (SSSR count). The molecule has 2 amide bonds. The van der Waals surface area contributed by atoms with Gasteiger partial charge in [0.15, 0.2) is 0 Å². The second-order valence-electron chi connectivity index (χ2n) is 2.59. The smallest absolute Gasteiger partial charge is 0.316 e. The molecule has 0 aliphatic rings. The molecule has 0 radical (unpaired) electrons. The summed E-state index contributed by atoms with van der Waals surface area (Å²) in [5.74, 6) is 1.18. The molecule has 0 heterocycles. The molecule has 0 saturated carbocycles. The highest BCUT2D eigenvalue weighted by Gasteiger charge is 2.02. The fraction of sp³-hybridized carbons (Fsp3) is 0.222. The summed E-state index contributed by atoms with van der Waals surface area (Å²) in [5.41, 5.74) is 5.51. The van der Waals surface area contributed by atoms with Gasteiger partial charge in [-0.05, 0) is 0 Å². The zero-order valence-electron chi connectivity index (χ0n) is 8.03. The molecule has 0 spiro atoms. The zero-order valence-corrected chi connectivity index (χ0v) is 8.03. The van der Waals surface area contributed by atoms with Crippen molar-refractivity contribution in [3.63, 3.8) is 0 Å².